The smallest absolute Gasteiger partial charge is 0.223 e. The van der Waals surface area contributed by atoms with Crippen molar-refractivity contribution in [3.05, 3.63) is 35.4 Å². The first-order valence-electron chi connectivity index (χ1n) is 8.50. The minimum Gasteiger partial charge on any atom is -0.338 e. The molecule has 2 aliphatic heterocycles. The lowest BCUT2D eigenvalue weighted by molar-refractivity contribution is -0.132. The highest BCUT2D eigenvalue weighted by molar-refractivity contribution is 5.77. The van der Waals surface area contributed by atoms with Gasteiger partial charge in [0.05, 0.1) is 0 Å². The van der Waals surface area contributed by atoms with E-state index in [1.807, 2.05) is 4.90 Å². The lowest BCUT2D eigenvalue weighted by Gasteiger charge is -2.33. The molecule has 2 fully saturated rings. The van der Waals surface area contributed by atoms with Crippen LogP contribution in [0.3, 0.4) is 0 Å². The second kappa shape index (κ2) is 6.95. The zero-order chi connectivity index (χ0) is 16.4. The fraction of sp³-hybridized carbons (Fsp3) is 0.611. The van der Waals surface area contributed by atoms with Crippen molar-refractivity contribution in [1.29, 1.82) is 0 Å². The van der Waals surface area contributed by atoms with Crippen LogP contribution in [-0.4, -0.2) is 47.9 Å². The van der Waals surface area contributed by atoms with Crippen molar-refractivity contribution in [2.75, 3.05) is 20.1 Å². The molecule has 2 heterocycles. The third-order valence-electron chi connectivity index (χ3n) is 5.25. The molecule has 2 aliphatic rings. The van der Waals surface area contributed by atoms with E-state index in [-0.39, 0.29) is 5.91 Å². The molecule has 3 nitrogen and oxygen atoms in total. The fourth-order valence-corrected chi connectivity index (χ4v) is 4.01. The molecule has 0 aromatic heterocycles. The van der Waals surface area contributed by atoms with Gasteiger partial charge in [-0.1, -0.05) is 6.07 Å². The molecule has 0 aliphatic carbocycles. The Morgan fingerprint density at radius 2 is 1.87 bits per heavy atom. The maximum absolute atomic E-state index is 13.2. The second-order valence-electron chi connectivity index (χ2n) is 6.74. The topological polar surface area (TPSA) is 23.6 Å². The molecule has 1 amide bonds. The number of rotatable bonds is 4. The molecule has 3 rings (SSSR count). The molecule has 2 saturated heterocycles. The number of likely N-dealkylation sites (tertiary alicyclic amines) is 2. The third-order valence-corrected chi connectivity index (χ3v) is 5.25. The van der Waals surface area contributed by atoms with E-state index in [9.17, 15) is 13.6 Å². The Kier molecular flexibility index (Phi) is 4.95. The molecule has 126 valence electrons. The minimum atomic E-state index is -0.846. The minimum absolute atomic E-state index is 0.137. The van der Waals surface area contributed by atoms with Crippen LogP contribution in [0.5, 0.6) is 0 Å². The van der Waals surface area contributed by atoms with Crippen molar-refractivity contribution in [1.82, 2.24) is 9.80 Å². The molecule has 0 saturated carbocycles. The average Bonchev–Trinajstić information content (AvgIpc) is 3.16. The number of hydrogen-bond donors (Lipinski definition) is 0. The number of carbonyl (C=O) groups is 1. The molecule has 0 unspecified atom stereocenters. The molecule has 0 spiro atoms. The lowest BCUT2D eigenvalue weighted by Crippen LogP contribution is -2.47. The molecule has 5 heteroatoms. The molecule has 23 heavy (non-hydrogen) atoms. The van der Waals surface area contributed by atoms with E-state index < -0.39 is 11.6 Å². The Morgan fingerprint density at radius 1 is 1.13 bits per heavy atom. The number of benzene rings is 1. The number of hydrogen-bond acceptors (Lipinski definition) is 2. The number of aryl methyl sites for hydroxylation is 1. The van der Waals surface area contributed by atoms with Gasteiger partial charge < -0.3 is 9.80 Å². The van der Waals surface area contributed by atoms with Crippen LogP contribution < -0.4 is 0 Å². The van der Waals surface area contributed by atoms with Crippen LogP contribution in [0.2, 0.25) is 0 Å². The van der Waals surface area contributed by atoms with E-state index in [1.165, 1.54) is 12.5 Å². The van der Waals surface area contributed by atoms with Crippen LogP contribution in [0.15, 0.2) is 18.2 Å². The van der Waals surface area contributed by atoms with Crippen molar-refractivity contribution in [3.63, 3.8) is 0 Å². The quantitative estimate of drug-likeness (QED) is 0.851. The van der Waals surface area contributed by atoms with Crippen molar-refractivity contribution in [2.24, 2.45) is 0 Å². The Morgan fingerprint density at radius 3 is 2.57 bits per heavy atom. The predicted octanol–water partition coefficient (Wildman–Crippen LogP) is 2.98. The van der Waals surface area contributed by atoms with E-state index in [4.69, 9.17) is 0 Å². The van der Waals surface area contributed by atoms with Crippen LogP contribution in [0.1, 0.15) is 37.7 Å². The van der Waals surface area contributed by atoms with Gasteiger partial charge in [-0.05, 0) is 63.4 Å². The highest BCUT2D eigenvalue weighted by Crippen LogP contribution is 2.29. The summed E-state index contributed by atoms with van der Waals surface area (Å²) in [5, 5.41) is 0. The maximum atomic E-state index is 13.2. The summed E-state index contributed by atoms with van der Waals surface area (Å²) < 4.78 is 26.2. The first-order chi connectivity index (χ1) is 11.1. The number of likely N-dealkylation sites (N-methyl/N-ethyl adjacent to an activating group) is 1. The van der Waals surface area contributed by atoms with Gasteiger partial charge in [-0.3, -0.25) is 4.79 Å². The molecule has 0 radical (unpaired) electrons. The van der Waals surface area contributed by atoms with Crippen LogP contribution in [-0.2, 0) is 11.2 Å². The van der Waals surface area contributed by atoms with Gasteiger partial charge in [0.1, 0.15) is 0 Å². The van der Waals surface area contributed by atoms with E-state index >= 15 is 0 Å². The second-order valence-corrected chi connectivity index (χ2v) is 6.74. The molecule has 1 aromatic carbocycles. The summed E-state index contributed by atoms with van der Waals surface area (Å²) in [5.74, 6) is -1.55. The number of carbonyl (C=O) groups excluding carboxylic acids is 1. The van der Waals surface area contributed by atoms with Gasteiger partial charge in [0, 0.05) is 25.0 Å². The normalized spacial score (nSPS) is 25.3. The van der Waals surface area contributed by atoms with Crippen molar-refractivity contribution < 1.29 is 13.6 Å². The molecule has 1 aromatic rings. The SMILES string of the molecule is CN1CCC[C@@H]1[C@H]1CCCN1C(=O)CCc1ccc(F)c(F)c1. The summed E-state index contributed by atoms with van der Waals surface area (Å²) in [5.41, 5.74) is 0.672. The monoisotopic (exact) mass is 322 g/mol. The third kappa shape index (κ3) is 3.55. The summed E-state index contributed by atoms with van der Waals surface area (Å²) in [6.07, 6.45) is 5.32. The Bertz CT molecular complexity index is 578. The van der Waals surface area contributed by atoms with Crippen LogP contribution in [0.4, 0.5) is 8.78 Å². The summed E-state index contributed by atoms with van der Waals surface area (Å²) in [6, 6.07) is 4.67. The number of halogens is 2. The number of amides is 1. The van der Waals surface area contributed by atoms with Crippen LogP contribution >= 0.6 is 0 Å². The average molecular weight is 322 g/mol. The van der Waals surface area contributed by atoms with E-state index in [2.05, 4.69) is 11.9 Å². The maximum Gasteiger partial charge on any atom is 0.223 e. The van der Waals surface area contributed by atoms with E-state index in [0.717, 1.165) is 38.4 Å². The van der Waals surface area contributed by atoms with Gasteiger partial charge in [-0.25, -0.2) is 8.78 Å². The Hall–Kier alpha value is -1.49. The molecular formula is C18H24F2N2O. The zero-order valence-corrected chi connectivity index (χ0v) is 13.6. The van der Waals surface area contributed by atoms with Gasteiger partial charge in [0.2, 0.25) is 5.91 Å². The highest BCUT2D eigenvalue weighted by Gasteiger charge is 2.37. The van der Waals surface area contributed by atoms with Gasteiger partial charge in [0.15, 0.2) is 11.6 Å². The summed E-state index contributed by atoms with van der Waals surface area (Å²) in [7, 11) is 2.14. The largest absolute Gasteiger partial charge is 0.338 e. The van der Waals surface area contributed by atoms with Crippen molar-refractivity contribution >= 4 is 5.91 Å². The van der Waals surface area contributed by atoms with Crippen molar-refractivity contribution in [3.8, 4) is 0 Å². The van der Waals surface area contributed by atoms with Gasteiger partial charge >= 0.3 is 0 Å². The molecule has 0 bridgehead atoms. The first-order valence-corrected chi connectivity index (χ1v) is 8.50. The van der Waals surface area contributed by atoms with Gasteiger partial charge in [0.25, 0.3) is 0 Å². The molecular weight excluding hydrogens is 298 g/mol. The fourth-order valence-electron chi connectivity index (χ4n) is 4.01. The first kappa shape index (κ1) is 16.4. The molecule has 0 N–H and O–H groups in total. The summed E-state index contributed by atoms with van der Waals surface area (Å²) in [6.45, 7) is 1.93. The highest BCUT2D eigenvalue weighted by atomic mass is 19.2. The Labute approximate surface area is 136 Å². The van der Waals surface area contributed by atoms with E-state index in [0.29, 0.717) is 30.5 Å². The van der Waals surface area contributed by atoms with E-state index in [1.54, 1.807) is 6.07 Å². The van der Waals surface area contributed by atoms with Gasteiger partial charge in [-0.15, -0.1) is 0 Å². The summed E-state index contributed by atoms with van der Waals surface area (Å²) >= 11 is 0. The number of nitrogens with zero attached hydrogens (tertiary/aromatic N) is 2. The summed E-state index contributed by atoms with van der Waals surface area (Å²) in [4.78, 5) is 17.0. The standard InChI is InChI=1S/C18H24F2N2O/c1-21-10-2-4-16(21)17-5-3-11-22(17)18(23)9-7-13-6-8-14(19)15(20)12-13/h6,8,12,16-17H,2-5,7,9-11H2,1H3/t16-,17-/m1/s1. The predicted molar refractivity (Wildman–Crippen MR) is 85.1 cm³/mol. The van der Waals surface area contributed by atoms with Crippen LogP contribution in [0.25, 0.3) is 0 Å². The zero-order valence-electron chi connectivity index (χ0n) is 13.6. The lowest BCUT2D eigenvalue weighted by atomic mass is 10.0. The molecule has 2 atom stereocenters. The van der Waals surface area contributed by atoms with Crippen LogP contribution in [0, 0.1) is 11.6 Å². The Balaban J connectivity index is 1.59. The van der Waals surface area contributed by atoms with Gasteiger partial charge in [-0.2, -0.15) is 0 Å². The van der Waals surface area contributed by atoms with Crippen molar-refractivity contribution in [2.45, 2.75) is 50.6 Å².